The number of fused-ring (bicyclic) bond motifs is 1. The van der Waals surface area contributed by atoms with Crippen LogP contribution in [-0.2, 0) is 6.42 Å². The topological polar surface area (TPSA) is 20.2 Å². The number of benzene rings is 2. The van der Waals surface area contributed by atoms with Crippen molar-refractivity contribution < 1.29 is 5.11 Å². The molecule has 0 amide bonds. The third-order valence-corrected chi connectivity index (χ3v) is 5.08. The van der Waals surface area contributed by atoms with Crippen LogP contribution < -0.4 is 0 Å². The Labute approximate surface area is 129 Å². The molecule has 1 heterocycles. The molecule has 108 valence electrons. The van der Waals surface area contributed by atoms with Crippen LogP contribution in [0.4, 0.5) is 0 Å². The summed E-state index contributed by atoms with van der Waals surface area (Å²) in [4.78, 5) is 0. The molecule has 2 heteroatoms. The van der Waals surface area contributed by atoms with Gasteiger partial charge >= 0.3 is 0 Å². The predicted octanol–water partition coefficient (Wildman–Crippen LogP) is 5.20. The molecule has 1 aromatic heterocycles. The molecule has 0 aliphatic rings. The van der Waals surface area contributed by atoms with Gasteiger partial charge in [0.1, 0.15) is 0 Å². The smallest absolute Gasteiger partial charge is 0.0829 e. The third kappa shape index (κ3) is 3.17. The van der Waals surface area contributed by atoms with E-state index in [0.29, 0.717) is 0 Å². The van der Waals surface area contributed by atoms with Crippen molar-refractivity contribution in [3.05, 3.63) is 71.1 Å². The second kappa shape index (κ2) is 6.42. The Hall–Kier alpha value is -1.64. The number of aryl methyl sites for hydroxylation is 1. The quantitative estimate of drug-likeness (QED) is 0.685. The van der Waals surface area contributed by atoms with Crippen LogP contribution in [-0.4, -0.2) is 5.11 Å². The maximum absolute atomic E-state index is 10.7. The Morgan fingerprint density at radius 1 is 1.00 bits per heavy atom. The predicted molar refractivity (Wildman–Crippen MR) is 90.7 cm³/mol. The van der Waals surface area contributed by atoms with E-state index in [1.807, 2.05) is 18.2 Å². The Kier molecular flexibility index (Phi) is 4.37. The first-order valence-corrected chi connectivity index (χ1v) is 8.32. The van der Waals surface area contributed by atoms with Crippen LogP contribution in [0.3, 0.4) is 0 Å². The van der Waals surface area contributed by atoms with E-state index >= 15 is 0 Å². The van der Waals surface area contributed by atoms with Gasteiger partial charge in [-0.05, 0) is 46.7 Å². The molecule has 0 bridgehead atoms. The van der Waals surface area contributed by atoms with E-state index in [4.69, 9.17) is 0 Å². The van der Waals surface area contributed by atoms with Crippen molar-refractivity contribution >= 4 is 21.4 Å². The van der Waals surface area contributed by atoms with E-state index in [9.17, 15) is 5.11 Å². The lowest BCUT2D eigenvalue weighted by molar-refractivity contribution is 0.114. The third-order valence-electron chi connectivity index (χ3n) is 4.10. The number of rotatable bonds is 5. The molecule has 0 saturated heterocycles. The lowest BCUT2D eigenvalue weighted by atomic mass is 9.91. The Morgan fingerprint density at radius 3 is 2.52 bits per heavy atom. The normalized spacial score (nSPS) is 14.2. The van der Waals surface area contributed by atoms with Crippen molar-refractivity contribution in [3.8, 4) is 0 Å². The van der Waals surface area contributed by atoms with Gasteiger partial charge in [0, 0.05) is 4.70 Å². The van der Waals surface area contributed by atoms with Crippen LogP contribution in [0.1, 0.15) is 30.6 Å². The van der Waals surface area contributed by atoms with Crippen LogP contribution in [0.25, 0.3) is 10.1 Å². The fourth-order valence-electron chi connectivity index (χ4n) is 2.73. The second-order valence-corrected chi connectivity index (χ2v) is 6.54. The summed E-state index contributed by atoms with van der Waals surface area (Å²) in [5, 5.41) is 14.0. The fourth-order valence-corrected chi connectivity index (χ4v) is 3.72. The highest BCUT2D eigenvalue weighted by atomic mass is 32.1. The van der Waals surface area contributed by atoms with Crippen LogP contribution in [0.2, 0.25) is 0 Å². The second-order valence-electron chi connectivity index (χ2n) is 5.63. The van der Waals surface area contributed by atoms with E-state index in [2.05, 4.69) is 48.7 Å². The van der Waals surface area contributed by atoms with Gasteiger partial charge in [0.25, 0.3) is 0 Å². The molecule has 0 aliphatic heterocycles. The molecule has 0 radical (unpaired) electrons. The van der Waals surface area contributed by atoms with Crippen LogP contribution in [0.15, 0.2) is 60.0 Å². The summed E-state index contributed by atoms with van der Waals surface area (Å²) in [6, 6.07) is 18.8. The summed E-state index contributed by atoms with van der Waals surface area (Å²) in [5.41, 5.74) is 2.42. The van der Waals surface area contributed by atoms with Crippen molar-refractivity contribution in [1.82, 2.24) is 0 Å². The lowest BCUT2D eigenvalue weighted by Gasteiger charge is -2.18. The Balaban J connectivity index is 1.71. The molecule has 2 aromatic carbocycles. The minimum absolute atomic E-state index is 0.253. The Morgan fingerprint density at radius 2 is 1.71 bits per heavy atom. The average Bonchev–Trinajstić information content (AvgIpc) is 2.97. The molecule has 3 aromatic rings. The molecule has 1 N–H and O–H groups in total. The number of aliphatic hydroxyl groups is 1. The molecule has 2 unspecified atom stereocenters. The molecular weight excluding hydrogens is 276 g/mol. The minimum atomic E-state index is -0.384. The SMILES string of the molecule is CC(CCc1ccccc1)C(O)c1csc2ccccc12. The summed E-state index contributed by atoms with van der Waals surface area (Å²) < 4.78 is 1.25. The molecule has 0 spiro atoms. The Bertz CT molecular complexity index is 702. The fraction of sp³-hybridized carbons (Fsp3) is 0.263. The lowest BCUT2D eigenvalue weighted by Crippen LogP contribution is -2.09. The average molecular weight is 296 g/mol. The van der Waals surface area contributed by atoms with Crippen LogP contribution in [0, 0.1) is 5.92 Å². The largest absolute Gasteiger partial charge is 0.388 e. The van der Waals surface area contributed by atoms with Crippen molar-refractivity contribution in [3.63, 3.8) is 0 Å². The zero-order valence-electron chi connectivity index (χ0n) is 12.2. The summed E-state index contributed by atoms with van der Waals surface area (Å²) in [6.45, 7) is 2.14. The first kappa shape index (κ1) is 14.3. The number of hydrogen-bond donors (Lipinski definition) is 1. The first-order valence-electron chi connectivity index (χ1n) is 7.44. The van der Waals surface area contributed by atoms with Gasteiger partial charge in [0.2, 0.25) is 0 Å². The van der Waals surface area contributed by atoms with Crippen LogP contribution in [0.5, 0.6) is 0 Å². The minimum Gasteiger partial charge on any atom is -0.388 e. The van der Waals surface area contributed by atoms with E-state index in [1.54, 1.807) is 11.3 Å². The number of aliphatic hydroxyl groups excluding tert-OH is 1. The van der Waals surface area contributed by atoms with Gasteiger partial charge in [-0.3, -0.25) is 0 Å². The zero-order chi connectivity index (χ0) is 14.7. The van der Waals surface area contributed by atoms with Gasteiger partial charge in [0.15, 0.2) is 0 Å². The van der Waals surface area contributed by atoms with E-state index in [1.165, 1.54) is 15.6 Å². The van der Waals surface area contributed by atoms with Gasteiger partial charge in [0.05, 0.1) is 6.10 Å². The van der Waals surface area contributed by atoms with Crippen LogP contribution >= 0.6 is 11.3 Å². The molecule has 1 nitrogen and oxygen atoms in total. The first-order chi connectivity index (χ1) is 10.3. The van der Waals surface area contributed by atoms with Gasteiger partial charge in [-0.1, -0.05) is 55.5 Å². The highest BCUT2D eigenvalue weighted by Gasteiger charge is 2.19. The highest BCUT2D eigenvalue weighted by Crippen LogP contribution is 2.34. The number of thiophene rings is 1. The van der Waals surface area contributed by atoms with Crippen molar-refractivity contribution in [1.29, 1.82) is 0 Å². The number of hydrogen-bond acceptors (Lipinski definition) is 2. The van der Waals surface area contributed by atoms with Crippen molar-refractivity contribution in [2.45, 2.75) is 25.9 Å². The van der Waals surface area contributed by atoms with Crippen molar-refractivity contribution in [2.24, 2.45) is 5.92 Å². The zero-order valence-corrected chi connectivity index (χ0v) is 13.0. The van der Waals surface area contributed by atoms with Gasteiger partial charge in [-0.2, -0.15) is 0 Å². The summed E-state index contributed by atoms with van der Waals surface area (Å²) >= 11 is 1.71. The van der Waals surface area contributed by atoms with Crippen molar-refractivity contribution in [2.75, 3.05) is 0 Å². The van der Waals surface area contributed by atoms with Gasteiger partial charge in [-0.25, -0.2) is 0 Å². The molecule has 0 aliphatic carbocycles. The van der Waals surface area contributed by atoms with Gasteiger partial charge < -0.3 is 5.11 Å². The maximum atomic E-state index is 10.7. The summed E-state index contributed by atoms with van der Waals surface area (Å²) in [6.07, 6.45) is 1.63. The highest BCUT2D eigenvalue weighted by molar-refractivity contribution is 7.17. The maximum Gasteiger partial charge on any atom is 0.0829 e. The van der Waals surface area contributed by atoms with Gasteiger partial charge in [-0.15, -0.1) is 11.3 Å². The molecule has 2 atom stereocenters. The van der Waals surface area contributed by atoms with E-state index in [0.717, 1.165) is 18.4 Å². The van der Waals surface area contributed by atoms with E-state index in [-0.39, 0.29) is 12.0 Å². The monoisotopic (exact) mass is 296 g/mol. The summed E-state index contributed by atoms with van der Waals surface area (Å²) in [5.74, 6) is 0.253. The molecule has 0 saturated carbocycles. The van der Waals surface area contributed by atoms with E-state index < -0.39 is 0 Å². The summed E-state index contributed by atoms with van der Waals surface area (Å²) in [7, 11) is 0. The molecule has 3 rings (SSSR count). The standard InChI is InChI=1S/C19H20OS/c1-14(11-12-15-7-3-2-4-8-15)19(20)17-13-21-18-10-6-5-9-16(17)18/h2-10,13-14,19-20H,11-12H2,1H3. The molecule has 0 fully saturated rings. The molecular formula is C19H20OS. The molecule has 21 heavy (non-hydrogen) atoms.